The number of halogens is 2. The molecule has 2 aromatic carbocycles. The Hall–Kier alpha value is -1.36. The Bertz CT molecular complexity index is 727. The van der Waals surface area contributed by atoms with Crippen LogP contribution in [0.3, 0.4) is 0 Å². The maximum Gasteiger partial charge on any atom is 0.123 e. The van der Waals surface area contributed by atoms with Gasteiger partial charge < -0.3 is 5.32 Å². The lowest BCUT2D eigenvalue weighted by Crippen LogP contribution is -1.99. The van der Waals surface area contributed by atoms with E-state index in [0.717, 1.165) is 31.3 Å². The van der Waals surface area contributed by atoms with Crippen molar-refractivity contribution in [2.75, 3.05) is 5.32 Å². The fraction of sp³-hybridized carbons (Fsp3) is 0.0625. The second kappa shape index (κ2) is 6.60. The number of aromatic nitrogens is 1. The summed E-state index contributed by atoms with van der Waals surface area (Å²) in [5.74, 6) is 0. The molecule has 21 heavy (non-hydrogen) atoms. The quantitative estimate of drug-likeness (QED) is 0.616. The minimum Gasteiger partial charge on any atom is -0.381 e. The molecule has 0 saturated carbocycles. The van der Waals surface area contributed by atoms with Crippen molar-refractivity contribution in [2.24, 2.45) is 0 Å². The monoisotopic (exact) mass is 378 g/mol. The summed E-state index contributed by atoms with van der Waals surface area (Å²) in [7, 11) is 0. The van der Waals surface area contributed by atoms with Crippen molar-refractivity contribution in [2.45, 2.75) is 6.54 Å². The number of thiazole rings is 1. The largest absolute Gasteiger partial charge is 0.381 e. The number of benzene rings is 2. The zero-order valence-electron chi connectivity index (χ0n) is 11.0. The topological polar surface area (TPSA) is 24.9 Å². The van der Waals surface area contributed by atoms with E-state index in [-0.39, 0.29) is 0 Å². The van der Waals surface area contributed by atoms with Gasteiger partial charge in [0.1, 0.15) is 5.01 Å². The van der Waals surface area contributed by atoms with Crippen molar-refractivity contribution in [3.8, 4) is 10.6 Å². The van der Waals surface area contributed by atoms with Crippen molar-refractivity contribution in [1.82, 2.24) is 4.98 Å². The fourth-order valence-electron chi connectivity index (χ4n) is 1.96. The van der Waals surface area contributed by atoms with E-state index in [9.17, 15) is 0 Å². The minimum atomic E-state index is 0.697. The van der Waals surface area contributed by atoms with Crippen molar-refractivity contribution >= 4 is 44.6 Å². The molecule has 1 heterocycles. The lowest BCUT2D eigenvalue weighted by atomic mass is 10.2. The van der Waals surface area contributed by atoms with Gasteiger partial charge in [0.25, 0.3) is 0 Å². The van der Waals surface area contributed by atoms with Gasteiger partial charge in [0.15, 0.2) is 0 Å². The number of nitrogens with zero attached hydrogens (tertiary/aromatic N) is 1. The van der Waals surface area contributed by atoms with Gasteiger partial charge in [0.05, 0.1) is 0 Å². The van der Waals surface area contributed by atoms with E-state index in [1.54, 1.807) is 11.3 Å². The van der Waals surface area contributed by atoms with Gasteiger partial charge in [0.2, 0.25) is 0 Å². The van der Waals surface area contributed by atoms with E-state index in [1.165, 1.54) is 0 Å². The average molecular weight is 380 g/mol. The van der Waals surface area contributed by atoms with Crippen LogP contribution in [0.15, 0.2) is 58.5 Å². The third-order valence-electron chi connectivity index (χ3n) is 3.06. The predicted molar refractivity (Wildman–Crippen MR) is 94.0 cm³/mol. The molecule has 0 spiro atoms. The highest BCUT2D eigenvalue weighted by atomic mass is 79.9. The molecule has 1 N–H and O–H groups in total. The smallest absolute Gasteiger partial charge is 0.123 e. The molecular weight excluding hydrogens is 368 g/mol. The lowest BCUT2D eigenvalue weighted by molar-refractivity contribution is 1.15. The molecule has 0 fully saturated rings. The maximum absolute atomic E-state index is 6.21. The van der Waals surface area contributed by atoms with Gasteiger partial charge in [0, 0.05) is 38.9 Å². The summed E-state index contributed by atoms with van der Waals surface area (Å²) >= 11 is 11.3. The summed E-state index contributed by atoms with van der Waals surface area (Å²) in [6, 6.07) is 14.2. The summed E-state index contributed by atoms with van der Waals surface area (Å²) in [5, 5.41) is 7.16. The first kappa shape index (κ1) is 14.6. The highest BCUT2D eigenvalue weighted by Crippen LogP contribution is 2.25. The van der Waals surface area contributed by atoms with Crippen LogP contribution in [0.1, 0.15) is 5.56 Å². The van der Waals surface area contributed by atoms with Crippen LogP contribution in [-0.4, -0.2) is 4.98 Å². The molecule has 0 aliphatic carbocycles. The normalized spacial score (nSPS) is 10.6. The zero-order valence-corrected chi connectivity index (χ0v) is 14.2. The van der Waals surface area contributed by atoms with Crippen LogP contribution < -0.4 is 5.32 Å². The molecule has 0 amide bonds. The summed E-state index contributed by atoms with van der Waals surface area (Å²) in [5.41, 5.74) is 3.27. The lowest BCUT2D eigenvalue weighted by Gasteiger charge is -2.09. The zero-order chi connectivity index (χ0) is 14.7. The van der Waals surface area contributed by atoms with Crippen LogP contribution in [0.2, 0.25) is 5.02 Å². The molecule has 0 bridgehead atoms. The second-order valence-corrected chi connectivity index (χ2v) is 6.72. The number of anilines is 1. The van der Waals surface area contributed by atoms with Crippen LogP contribution in [-0.2, 0) is 6.54 Å². The first-order valence-corrected chi connectivity index (χ1v) is 8.45. The van der Waals surface area contributed by atoms with Crippen molar-refractivity contribution in [1.29, 1.82) is 0 Å². The molecule has 106 valence electrons. The van der Waals surface area contributed by atoms with Gasteiger partial charge in [-0.15, -0.1) is 11.3 Å². The molecule has 0 unspecified atom stereocenters. The molecule has 0 atom stereocenters. The summed E-state index contributed by atoms with van der Waals surface area (Å²) in [6.45, 7) is 0.697. The van der Waals surface area contributed by atoms with Gasteiger partial charge in [-0.2, -0.15) is 0 Å². The SMILES string of the molecule is Clc1cc(Br)ccc1CNc1ccc(-c2nccs2)cc1. The van der Waals surface area contributed by atoms with E-state index < -0.39 is 0 Å². The van der Waals surface area contributed by atoms with Gasteiger partial charge in [-0.3, -0.25) is 0 Å². The molecule has 0 saturated heterocycles. The van der Waals surface area contributed by atoms with Crippen LogP contribution in [0, 0.1) is 0 Å². The Kier molecular flexibility index (Phi) is 4.58. The highest BCUT2D eigenvalue weighted by molar-refractivity contribution is 9.10. The summed E-state index contributed by atoms with van der Waals surface area (Å²) < 4.78 is 0.990. The average Bonchev–Trinajstić information content (AvgIpc) is 3.01. The van der Waals surface area contributed by atoms with Gasteiger partial charge in [-0.1, -0.05) is 33.6 Å². The molecule has 0 radical (unpaired) electrons. The van der Waals surface area contributed by atoms with Crippen LogP contribution in [0.4, 0.5) is 5.69 Å². The Morgan fingerprint density at radius 2 is 1.95 bits per heavy atom. The predicted octanol–water partition coefficient (Wildman–Crippen LogP) is 5.84. The third-order valence-corrected chi connectivity index (χ3v) is 4.73. The summed E-state index contributed by atoms with van der Waals surface area (Å²) in [6.07, 6.45) is 1.82. The molecule has 0 aliphatic rings. The fourth-order valence-corrected chi connectivity index (χ4v) is 3.34. The first-order valence-electron chi connectivity index (χ1n) is 6.40. The Balaban J connectivity index is 1.68. The summed E-state index contributed by atoms with van der Waals surface area (Å²) in [4.78, 5) is 4.31. The molecule has 3 aromatic rings. The number of hydrogen-bond donors (Lipinski definition) is 1. The number of nitrogens with one attached hydrogen (secondary N) is 1. The molecular formula is C16H12BrClN2S. The number of hydrogen-bond acceptors (Lipinski definition) is 3. The van der Waals surface area contributed by atoms with E-state index in [2.05, 4.69) is 50.5 Å². The maximum atomic E-state index is 6.21. The molecule has 1 aromatic heterocycles. The van der Waals surface area contributed by atoms with Gasteiger partial charge in [-0.25, -0.2) is 4.98 Å². The van der Waals surface area contributed by atoms with Crippen LogP contribution >= 0.6 is 38.9 Å². The molecule has 3 rings (SSSR count). The van der Waals surface area contributed by atoms with E-state index in [4.69, 9.17) is 11.6 Å². The number of rotatable bonds is 4. The molecule has 2 nitrogen and oxygen atoms in total. The Morgan fingerprint density at radius 3 is 2.62 bits per heavy atom. The first-order chi connectivity index (χ1) is 10.2. The minimum absolute atomic E-state index is 0.697. The van der Waals surface area contributed by atoms with Crippen molar-refractivity contribution < 1.29 is 0 Å². The Labute approximate surface area is 140 Å². The van der Waals surface area contributed by atoms with Crippen molar-refractivity contribution in [3.05, 3.63) is 69.1 Å². The van der Waals surface area contributed by atoms with Crippen LogP contribution in [0.5, 0.6) is 0 Å². The second-order valence-electron chi connectivity index (χ2n) is 4.50. The van der Waals surface area contributed by atoms with E-state index in [0.29, 0.717) is 6.54 Å². The molecule has 0 aliphatic heterocycles. The third kappa shape index (κ3) is 3.64. The molecule has 5 heteroatoms. The van der Waals surface area contributed by atoms with Crippen LogP contribution in [0.25, 0.3) is 10.6 Å². The van der Waals surface area contributed by atoms with E-state index >= 15 is 0 Å². The standard InChI is InChI=1S/C16H12BrClN2S/c17-13-4-1-12(15(18)9-13)10-20-14-5-2-11(3-6-14)16-19-7-8-21-16/h1-9,20H,10H2. The highest BCUT2D eigenvalue weighted by Gasteiger charge is 2.03. The van der Waals surface area contributed by atoms with Gasteiger partial charge >= 0.3 is 0 Å². The van der Waals surface area contributed by atoms with Gasteiger partial charge in [-0.05, 0) is 42.0 Å². The Morgan fingerprint density at radius 1 is 1.14 bits per heavy atom. The van der Waals surface area contributed by atoms with Crippen molar-refractivity contribution in [3.63, 3.8) is 0 Å². The van der Waals surface area contributed by atoms with E-state index in [1.807, 2.05) is 29.8 Å².